The van der Waals surface area contributed by atoms with Gasteiger partial charge in [0.2, 0.25) is 0 Å². The van der Waals surface area contributed by atoms with Gasteiger partial charge in [0.15, 0.2) is 5.82 Å². The summed E-state index contributed by atoms with van der Waals surface area (Å²) in [5.74, 6) is 0.708. The third kappa shape index (κ3) is 1.54. The summed E-state index contributed by atoms with van der Waals surface area (Å²) in [5, 5.41) is 4.74. The quantitative estimate of drug-likeness (QED) is 0.814. The fourth-order valence-corrected chi connectivity index (χ4v) is 1.47. The van der Waals surface area contributed by atoms with Crippen molar-refractivity contribution >= 4 is 29.0 Å². The zero-order valence-electron chi connectivity index (χ0n) is 6.98. The van der Waals surface area contributed by atoms with Crippen LogP contribution in [0.4, 0.5) is 5.82 Å². The van der Waals surface area contributed by atoms with Crippen molar-refractivity contribution in [2.45, 2.75) is 0 Å². The van der Waals surface area contributed by atoms with E-state index in [1.54, 1.807) is 24.5 Å². The summed E-state index contributed by atoms with van der Waals surface area (Å²) in [6.07, 6.45) is 3.35. The van der Waals surface area contributed by atoms with E-state index in [-0.39, 0.29) is 5.82 Å². The number of nitrogen functional groups attached to an aromatic ring is 1. The molecule has 14 heavy (non-hydrogen) atoms. The first kappa shape index (κ1) is 9.30. The SMILES string of the molecule is Nc1nc(-n2cccn2)c(Cl)cc1Cl. The summed E-state index contributed by atoms with van der Waals surface area (Å²) >= 11 is 11.7. The Bertz CT molecular complexity index is 453. The summed E-state index contributed by atoms with van der Waals surface area (Å²) in [6, 6.07) is 3.31. The lowest BCUT2D eigenvalue weighted by Gasteiger charge is -2.05. The highest BCUT2D eigenvalue weighted by molar-refractivity contribution is 6.36. The van der Waals surface area contributed by atoms with E-state index in [1.165, 1.54) is 4.68 Å². The van der Waals surface area contributed by atoms with Gasteiger partial charge >= 0.3 is 0 Å². The number of rotatable bonds is 1. The average Bonchev–Trinajstić information content (AvgIpc) is 2.64. The Morgan fingerprint density at radius 1 is 1.29 bits per heavy atom. The first-order valence-corrected chi connectivity index (χ1v) is 4.55. The minimum atomic E-state index is 0.238. The fraction of sp³-hybridized carbons (Fsp3) is 0. The molecule has 0 unspecified atom stereocenters. The number of hydrogen-bond donors (Lipinski definition) is 1. The zero-order chi connectivity index (χ0) is 10.1. The monoisotopic (exact) mass is 228 g/mol. The van der Waals surface area contributed by atoms with E-state index in [0.717, 1.165) is 0 Å². The summed E-state index contributed by atoms with van der Waals surface area (Å²) < 4.78 is 1.52. The van der Waals surface area contributed by atoms with Crippen molar-refractivity contribution in [3.05, 3.63) is 34.6 Å². The largest absolute Gasteiger partial charge is 0.382 e. The van der Waals surface area contributed by atoms with E-state index < -0.39 is 0 Å². The normalized spacial score (nSPS) is 10.4. The van der Waals surface area contributed by atoms with Gasteiger partial charge < -0.3 is 5.73 Å². The van der Waals surface area contributed by atoms with Crippen LogP contribution >= 0.6 is 23.2 Å². The Hall–Kier alpha value is -1.26. The zero-order valence-corrected chi connectivity index (χ0v) is 8.50. The van der Waals surface area contributed by atoms with Crippen molar-refractivity contribution in [3.63, 3.8) is 0 Å². The van der Waals surface area contributed by atoms with E-state index in [0.29, 0.717) is 15.9 Å². The molecule has 0 saturated heterocycles. The van der Waals surface area contributed by atoms with Gasteiger partial charge in [-0.1, -0.05) is 23.2 Å². The Balaban J connectivity index is 2.60. The van der Waals surface area contributed by atoms with Crippen molar-refractivity contribution < 1.29 is 0 Å². The van der Waals surface area contributed by atoms with E-state index in [9.17, 15) is 0 Å². The van der Waals surface area contributed by atoms with Gasteiger partial charge in [-0.05, 0) is 12.1 Å². The number of aromatic nitrogens is 3. The van der Waals surface area contributed by atoms with Gasteiger partial charge in [0.1, 0.15) is 5.82 Å². The molecule has 0 aromatic carbocycles. The van der Waals surface area contributed by atoms with Crippen molar-refractivity contribution in [3.8, 4) is 5.82 Å². The molecule has 0 aliphatic rings. The lowest BCUT2D eigenvalue weighted by Crippen LogP contribution is -2.02. The van der Waals surface area contributed by atoms with Crippen LogP contribution < -0.4 is 5.73 Å². The number of pyridine rings is 1. The molecule has 2 N–H and O–H groups in total. The Kier molecular flexibility index (Phi) is 2.31. The first-order chi connectivity index (χ1) is 6.68. The molecule has 0 saturated carbocycles. The summed E-state index contributed by atoms with van der Waals surface area (Å²) in [5.41, 5.74) is 5.55. The van der Waals surface area contributed by atoms with Crippen LogP contribution in [0.3, 0.4) is 0 Å². The molecule has 6 heteroatoms. The molecule has 4 nitrogen and oxygen atoms in total. The third-order valence-corrected chi connectivity index (χ3v) is 2.24. The van der Waals surface area contributed by atoms with E-state index >= 15 is 0 Å². The Morgan fingerprint density at radius 3 is 2.71 bits per heavy atom. The third-order valence-electron chi connectivity index (χ3n) is 1.66. The molecule has 0 bridgehead atoms. The van der Waals surface area contributed by atoms with Crippen molar-refractivity contribution in [2.24, 2.45) is 0 Å². The van der Waals surface area contributed by atoms with Crippen LogP contribution in [0.2, 0.25) is 10.0 Å². The van der Waals surface area contributed by atoms with E-state index in [1.807, 2.05) is 0 Å². The second-order valence-corrected chi connectivity index (χ2v) is 3.43. The molecule has 2 rings (SSSR count). The fourth-order valence-electron chi connectivity index (χ4n) is 1.03. The maximum Gasteiger partial charge on any atom is 0.174 e. The predicted molar refractivity (Wildman–Crippen MR) is 55.8 cm³/mol. The van der Waals surface area contributed by atoms with E-state index in [4.69, 9.17) is 28.9 Å². The van der Waals surface area contributed by atoms with Gasteiger partial charge in [0.05, 0.1) is 10.0 Å². The molecule has 0 fully saturated rings. The second-order valence-electron chi connectivity index (χ2n) is 2.61. The highest BCUT2D eigenvalue weighted by atomic mass is 35.5. The van der Waals surface area contributed by atoms with Gasteiger partial charge in [-0.3, -0.25) is 0 Å². The van der Waals surface area contributed by atoms with Crippen molar-refractivity contribution in [2.75, 3.05) is 5.73 Å². The summed E-state index contributed by atoms with van der Waals surface area (Å²) in [7, 11) is 0. The molecule has 0 aliphatic carbocycles. The Morgan fingerprint density at radius 2 is 2.07 bits per heavy atom. The van der Waals surface area contributed by atoms with Crippen LogP contribution in [0.1, 0.15) is 0 Å². The number of anilines is 1. The number of nitrogens with zero attached hydrogens (tertiary/aromatic N) is 3. The predicted octanol–water partition coefficient (Wildman–Crippen LogP) is 2.16. The second kappa shape index (κ2) is 3.48. The van der Waals surface area contributed by atoms with Gasteiger partial charge in [0, 0.05) is 12.4 Å². The van der Waals surface area contributed by atoms with Crippen LogP contribution in [-0.2, 0) is 0 Å². The van der Waals surface area contributed by atoms with Crippen LogP contribution in [0.25, 0.3) is 5.82 Å². The van der Waals surface area contributed by atoms with Gasteiger partial charge in [-0.2, -0.15) is 5.10 Å². The lowest BCUT2D eigenvalue weighted by atomic mass is 10.4. The molecule has 2 heterocycles. The van der Waals surface area contributed by atoms with Crippen LogP contribution in [0, 0.1) is 0 Å². The van der Waals surface area contributed by atoms with Gasteiger partial charge in [-0.25, -0.2) is 9.67 Å². The molecule has 0 aliphatic heterocycles. The smallest absolute Gasteiger partial charge is 0.174 e. The van der Waals surface area contributed by atoms with Gasteiger partial charge in [0.25, 0.3) is 0 Å². The minimum absolute atomic E-state index is 0.238. The van der Waals surface area contributed by atoms with Crippen LogP contribution in [-0.4, -0.2) is 14.8 Å². The van der Waals surface area contributed by atoms with Crippen molar-refractivity contribution in [1.29, 1.82) is 0 Å². The molecule has 72 valence electrons. The molecule has 0 atom stereocenters. The maximum atomic E-state index is 5.93. The van der Waals surface area contributed by atoms with Crippen LogP contribution in [0.15, 0.2) is 24.5 Å². The molecule has 0 amide bonds. The molecule has 2 aromatic rings. The minimum Gasteiger partial charge on any atom is -0.382 e. The molecule has 0 spiro atoms. The van der Waals surface area contributed by atoms with E-state index in [2.05, 4.69) is 10.1 Å². The summed E-state index contributed by atoms with van der Waals surface area (Å²) in [4.78, 5) is 4.03. The number of nitrogens with two attached hydrogens (primary N) is 1. The Labute approximate surface area is 90.3 Å². The molecular formula is C8H6Cl2N4. The number of hydrogen-bond acceptors (Lipinski definition) is 3. The standard InChI is InChI=1S/C8H6Cl2N4/c9-5-4-6(10)8(13-7(5)11)14-3-1-2-12-14/h1-4H,(H2,11,13). The first-order valence-electron chi connectivity index (χ1n) is 3.80. The topological polar surface area (TPSA) is 56.7 Å². The molecule has 0 radical (unpaired) electrons. The van der Waals surface area contributed by atoms with Crippen LogP contribution in [0.5, 0.6) is 0 Å². The average molecular weight is 229 g/mol. The highest BCUT2D eigenvalue weighted by Crippen LogP contribution is 2.25. The highest BCUT2D eigenvalue weighted by Gasteiger charge is 2.08. The van der Waals surface area contributed by atoms with Gasteiger partial charge in [-0.15, -0.1) is 0 Å². The maximum absolute atomic E-state index is 5.93. The molecule has 2 aromatic heterocycles. The number of halogens is 2. The lowest BCUT2D eigenvalue weighted by molar-refractivity contribution is 0.849. The summed E-state index contributed by atoms with van der Waals surface area (Å²) in [6.45, 7) is 0. The molecular weight excluding hydrogens is 223 g/mol. The van der Waals surface area contributed by atoms with Crippen molar-refractivity contribution in [1.82, 2.24) is 14.8 Å².